The summed E-state index contributed by atoms with van der Waals surface area (Å²) in [5.41, 5.74) is -0.470. The maximum atomic E-state index is 14.4. The lowest BCUT2D eigenvalue weighted by molar-refractivity contribution is 0.0985. The van der Waals surface area contributed by atoms with Gasteiger partial charge in [0.25, 0.3) is 0 Å². The van der Waals surface area contributed by atoms with Crippen LogP contribution in [0.1, 0.15) is 21.2 Å². The first-order chi connectivity index (χ1) is 12.8. The molecule has 27 heavy (non-hydrogen) atoms. The van der Waals surface area contributed by atoms with Crippen molar-refractivity contribution in [2.24, 2.45) is 0 Å². The van der Waals surface area contributed by atoms with Gasteiger partial charge in [0.2, 0.25) is 0 Å². The molecule has 0 heterocycles. The van der Waals surface area contributed by atoms with Crippen LogP contribution in [0.4, 0.5) is 8.78 Å². The van der Waals surface area contributed by atoms with Crippen molar-refractivity contribution in [1.82, 2.24) is 0 Å². The molecule has 1 atom stereocenters. The predicted octanol–water partition coefficient (Wildman–Crippen LogP) is 5.02. The van der Waals surface area contributed by atoms with E-state index in [9.17, 15) is 22.0 Å². The molecule has 3 aromatic carbocycles. The molecule has 0 N–H and O–H groups in total. The average Bonchev–Trinajstić information content (AvgIpc) is 2.65. The van der Waals surface area contributed by atoms with E-state index in [1.165, 1.54) is 36.4 Å². The second-order valence-corrected chi connectivity index (χ2v) is 8.24. The van der Waals surface area contributed by atoms with Crippen molar-refractivity contribution in [3.8, 4) is 0 Å². The second kappa shape index (κ2) is 7.58. The zero-order chi connectivity index (χ0) is 19.6. The minimum atomic E-state index is -4.37. The van der Waals surface area contributed by atoms with Crippen molar-refractivity contribution < 1.29 is 22.0 Å². The largest absolute Gasteiger partial charge is 0.292 e. The van der Waals surface area contributed by atoms with Crippen molar-refractivity contribution in [3.63, 3.8) is 0 Å². The number of carbonyl (C=O) groups excluding carboxylic acids is 1. The van der Waals surface area contributed by atoms with Gasteiger partial charge in [0.05, 0.1) is 4.90 Å². The molecule has 0 amide bonds. The summed E-state index contributed by atoms with van der Waals surface area (Å²) in [6, 6.07) is 15.1. The molecule has 0 radical (unpaired) electrons. The monoisotopic (exact) mass is 406 g/mol. The van der Waals surface area contributed by atoms with Crippen LogP contribution in [0.15, 0.2) is 77.7 Å². The fourth-order valence-corrected chi connectivity index (χ4v) is 4.53. The number of benzene rings is 3. The Hall–Kier alpha value is -2.57. The molecule has 0 aliphatic carbocycles. The van der Waals surface area contributed by atoms with Crippen LogP contribution in [0.2, 0.25) is 5.02 Å². The maximum absolute atomic E-state index is 14.4. The molecule has 1 unspecified atom stereocenters. The predicted molar refractivity (Wildman–Crippen MR) is 98.5 cm³/mol. The van der Waals surface area contributed by atoms with E-state index in [-0.39, 0.29) is 10.5 Å². The quantitative estimate of drug-likeness (QED) is 0.559. The molecule has 0 fully saturated rings. The van der Waals surface area contributed by atoms with E-state index in [1.807, 2.05) is 0 Å². The molecule has 0 saturated carbocycles. The molecule has 0 bridgehead atoms. The highest BCUT2D eigenvalue weighted by molar-refractivity contribution is 7.92. The number of halogens is 3. The Labute approximate surface area is 160 Å². The van der Waals surface area contributed by atoms with Crippen molar-refractivity contribution in [2.45, 2.75) is 10.1 Å². The van der Waals surface area contributed by atoms with Gasteiger partial charge in [-0.1, -0.05) is 41.9 Å². The molecule has 0 saturated heterocycles. The molecule has 3 rings (SSSR count). The lowest BCUT2D eigenvalue weighted by Gasteiger charge is -2.18. The van der Waals surface area contributed by atoms with Gasteiger partial charge in [0, 0.05) is 16.1 Å². The summed E-state index contributed by atoms with van der Waals surface area (Å²) in [5, 5.41) is -1.63. The molecule has 138 valence electrons. The molecule has 0 spiro atoms. The van der Waals surface area contributed by atoms with Gasteiger partial charge in [-0.25, -0.2) is 17.2 Å². The van der Waals surface area contributed by atoms with Crippen LogP contribution in [0.3, 0.4) is 0 Å². The summed E-state index contributed by atoms with van der Waals surface area (Å²) < 4.78 is 54.5. The Morgan fingerprint density at radius 1 is 0.889 bits per heavy atom. The number of ketones is 1. The second-order valence-electron chi connectivity index (χ2n) is 5.78. The third-order valence-electron chi connectivity index (χ3n) is 3.99. The Bertz CT molecular complexity index is 1080. The normalized spacial score (nSPS) is 12.6. The zero-order valence-corrected chi connectivity index (χ0v) is 15.3. The number of Topliss-reactive ketones (excluding diaryl/α,β-unsaturated/α-hetero) is 1. The van der Waals surface area contributed by atoms with Gasteiger partial charge >= 0.3 is 0 Å². The van der Waals surface area contributed by atoms with E-state index < -0.39 is 38.1 Å². The van der Waals surface area contributed by atoms with E-state index in [1.54, 1.807) is 18.2 Å². The summed E-state index contributed by atoms with van der Waals surface area (Å²) in [4.78, 5) is 12.8. The lowest BCUT2D eigenvalue weighted by Crippen LogP contribution is -2.24. The third kappa shape index (κ3) is 3.91. The molecule has 0 aliphatic heterocycles. The van der Waals surface area contributed by atoms with Crippen LogP contribution >= 0.6 is 11.6 Å². The van der Waals surface area contributed by atoms with Crippen molar-refractivity contribution in [2.75, 3.05) is 0 Å². The molecule has 7 heteroatoms. The molecular formula is C20H13ClF2O3S. The summed E-state index contributed by atoms with van der Waals surface area (Å²) in [5.74, 6) is -2.68. The van der Waals surface area contributed by atoms with Gasteiger partial charge in [-0.15, -0.1) is 0 Å². The van der Waals surface area contributed by atoms with Gasteiger partial charge in [-0.2, -0.15) is 0 Å². The maximum Gasteiger partial charge on any atom is 0.193 e. The molecule has 3 nitrogen and oxygen atoms in total. The van der Waals surface area contributed by atoms with Crippen LogP contribution in [-0.4, -0.2) is 14.2 Å². The minimum absolute atomic E-state index is 0.0729. The van der Waals surface area contributed by atoms with E-state index in [0.29, 0.717) is 5.02 Å². The topological polar surface area (TPSA) is 51.2 Å². The van der Waals surface area contributed by atoms with Crippen molar-refractivity contribution in [1.29, 1.82) is 0 Å². The number of sulfone groups is 1. The Morgan fingerprint density at radius 2 is 1.52 bits per heavy atom. The molecule has 0 aromatic heterocycles. The van der Waals surface area contributed by atoms with Crippen LogP contribution in [-0.2, 0) is 9.84 Å². The highest BCUT2D eigenvalue weighted by atomic mass is 35.5. The first-order valence-corrected chi connectivity index (χ1v) is 9.77. The van der Waals surface area contributed by atoms with Crippen LogP contribution < -0.4 is 0 Å². The van der Waals surface area contributed by atoms with Crippen molar-refractivity contribution >= 4 is 27.2 Å². The third-order valence-corrected chi connectivity index (χ3v) is 6.26. The molecule has 0 aliphatic rings. The fourth-order valence-electron chi connectivity index (χ4n) is 2.68. The van der Waals surface area contributed by atoms with Crippen LogP contribution in [0.25, 0.3) is 0 Å². The lowest BCUT2D eigenvalue weighted by atomic mass is 10.0. The number of hydrogen-bond acceptors (Lipinski definition) is 3. The van der Waals surface area contributed by atoms with Gasteiger partial charge in [-0.05, 0) is 42.5 Å². The van der Waals surface area contributed by atoms with E-state index >= 15 is 0 Å². The summed E-state index contributed by atoms with van der Waals surface area (Å²) in [7, 11) is -4.37. The minimum Gasteiger partial charge on any atom is -0.292 e. The summed E-state index contributed by atoms with van der Waals surface area (Å²) in [6.07, 6.45) is 0. The standard InChI is InChI=1S/C20H13ClF2O3S/c21-14-6-9-16(10-7-14)27(25,26)20(17-12-15(22)8-11-18(17)23)19(24)13-4-2-1-3-5-13/h1-12,20H. The molecular weight excluding hydrogens is 394 g/mol. The Morgan fingerprint density at radius 3 is 2.15 bits per heavy atom. The zero-order valence-electron chi connectivity index (χ0n) is 13.8. The SMILES string of the molecule is O=C(c1ccccc1)C(c1cc(F)ccc1F)S(=O)(=O)c1ccc(Cl)cc1. The first-order valence-electron chi connectivity index (χ1n) is 7.84. The number of rotatable bonds is 5. The Kier molecular flexibility index (Phi) is 5.39. The van der Waals surface area contributed by atoms with Crippen LogP contribution in [0, 0.1) is 11.6 Å². The van der Waals surface area contributed by atoms with E-state index in [0.717, 1.165) is 18.2 Å². The highest BCUT2D eigenvalue weighted by Crippen LogP contribution is 2.34. The average molecular weight is 407 g/mol. The van der Waals surface area contributed by atoms with Gasteiger partial charge < -0.3 is 0 Å². The van der Waals surface area contributed by atoms with E-state index in [2.05, 4.69) is 0 Å². The smallest absolute Gasteiger partial charge is 0.193 e. The van der Waals surface area contributed by atoms with Crippen molar-refractivity contribution in [3.05, 3.63) is 101 Å². The van der Waals surface area contributed by atoms with Gasteiger partial charge in [-0.3, -0.25) is 4.79 Å². The fraction of sp³-hybridized carbons (Fsp3) is 0.0500. The van der Waals surface area contributed by atoms with E-state index in [4.69, 9.17) is 11.6 Å². The van der Waals surface area contributed by atoms with Crippen LogP contribution in [0.5, 0.6) is 0 Å². The van der Waals surface area contributed by atoms with Gasteiger partial charge in [0.1, 0.15) is 11.6 Å². The summed E-state index contributed by atoms with van der Waals surface area (Å²) in [6.45, 7) is 0. The Balaban J connectivity index is 2.23. The highest BCUT2D eigenvalue weighted by Gasteiger charge is 2.38. The molecule has 3 aromatic rings. The first kappa shape index (κ1) is 19.2. The number of carbonyl (C=O) groups is 1. The van der Waals surface area contributed by atoms with Gasteiger partial charge in [0.15, 0.2) is 20.9 Å². The summed E-state index contributed by atoms with van der Waals surface area (Å²) >= 11 is 5.79. The number of hydrogen-bond donors (Lipinski definition) is 0.